The van der Waals surface area contributed by atoms with Crippen LogP contribution in [0.4, 0.5) is 0 Å². The lowest BCUT2D eigenvalue weighted by Crippen LogP contribution is -2.43. The van der Waals surface area contributed by atoms with Gasteiger partial charge in [0.05, 0.1) is 18.1 Å². The lowest BCUT2D eigenvalue weighted by atomic mass is 10.1. The maximum absolute atomic E-state index is 13.4. The van der Waals surface area contributed by atoms with E-state index in [-0.39, 0.29) is 10.8 Å². The van der Waals surface area contributed by atoms with Gasteiger partial charge in [0.1, 0.15) is 0 Å². The monoisotopic (exact) mass is 451 g/mol. The van der Waals surface area contributed by atoms with Gasteiger partial charge in [-0.15, -0.1) is 0 Å². The van der Waals surface area contributed by atoms with Crippen molar-refractivity contribution in [3.8, 4) is 0 Å². The van der Waals surface area contributed by atoms with E-state index in [4.69, 9.17) is 4.74 Å². The summed E-state index contributed by atoms with van der Waals surface area (Å²) in [5, 5.41) is 0. The number of benzene rings is 1. The fourth-order valence-electron chi connectivity index (χ4n) is 4.18. The first-order valence-corrected chi connectivity index (χ1v) is 13.2. The van der Waals surface area contributed by atoms with Gasteiger partial charge in [0.15, 0.2) is 0 Å². The molecule has 0 radical (unpaired) electrons. The van der Waals surface area contributed by atoms with Crippen molar-refractivity contribution in [2.24, 2.45) is 0 Å². The Morgan fingerprint density at radius 1 is 1.03 bits per heavy atom. The molecule has 0 unspecified atom stereocenters. The molecule has 31 heavy (non-hydrogen) atoms. The van der Waals surface area contributed by atoms with Gasteiger partial charge in [-0.25, -0.2) is 8.42 Å². The molecule has 1 amide bonds. The number of ether oxygens (including phenoxy) is 1. The van der Waals surface area contributed by atoms with E-state index in [9.17, 15) is 13.2 Å². The zero-order valence-corrected chi connectivity index (χ0v) is 19.6. The number of carbonyl (C=O) groups excluding carboxylic acids is 1. The van der Waals surface area contributed by atoms with Crippen molar-refractivity contribution in [3.05, 3.63) is 29.8 Å². The molecular weight excluding hydrogens is 414 g/mol. The quantitative estimate of drug-likeness (QED) is 0.484. The Balaban J connectivity index is 1.70. The second-order valence-corrected chi connectivity index (χ2v) is 10.4. The van der Waals surface area contributed by atoms with Gasteiger partial charge >= 0.3 is 0 Å². The fourth-order valence-corrected chi connectivity index (χ4v) is 5.74. The second kappa shape index (κ2) is 11.9. The van der Waals surface area contributed by atoms with Crippen LogP contribution in [0.2, 0.25) is 0 Å². The highest BCUT2D eigenvalue weighted by molar-refractivity contribution is 7.89. The van der Waals surface area contributed by atoms with Crippen molar-refractivity contribution in [2.45, 2.75) is 50.3 Å². The van der Waals surface area contributed by atoms with Gasteiger partial charge in [0.25, 0.3) is 5.91 Å². The molecule has 3 rings (SSSR count). The molecule has 7 nitrogen and oxygen atoms in total. The zero-order valence-electron chi connectivity index (χ0n) is 18.8. The Bertz CT molecular complexity index is 803. The molecule has 2 aliphatic heterocycles. The summed E-state index contributed by atoms with van der Waals surface area (Å²) in [5.41, 5.74) is 0.456. The normalized spacial score (nSPS) is 18.4. The Kier molecular flexibility index (Phi) is 9.31. The summed E-state index contributed by atoms with van der Waals surface area (Å²) in [7, 11) is -3.53. The lowest BCUT2D eigenvalue weighted by molar-refractivity contribution is 0.0324. The number of carbonyl (C=O) groups is 1. The summed E-state index contributed by atoms with van der Waals surface area (Å²) >= 11 is 0. The molecule has 0 bridgehead atoms. The molecular formula is C23H37N3O4S. The minimum absolute atomic E-state index is 0.0803. The molecule has 2 fully saturated rings. The van der Waals surface area contributed by atoms with E-state index < -0.39 is 10.0 Å². The van der Waals surface area contributed by atoms with E-state index in [1.165, 1.54) is 4.31 Å². The zero-order chi connectivity index (χ0) is 22.1. The maximum Gasteiger partial charge on any atom is 0.253 e. The number of morpholine rings is 1. The van der Waals surface area contributed by atoms with Crippen LogP contribution in [0.15, 0.2) is 29.2 Å². The van der Waals surface area contributed by atoms with E-state index in [0.717, 1.165) is 71.4 Å². The Morgan fingerprint density at radius 2 is 1.77 bits per heavy atom. The highest BCUT2D eigenvalue weighted by Crippen LogP contribution is 2.22. The summed E-state index contributed by atoms with van der Waals surface area (Å²) in [4.78, 5) is 17.8. The predicted octanol–water partition coefficient (Wildman–Crippen LogP) is 2.83. The summed E-state index contributed by atoms with van der Waals surface area (Å²) in [5.74, 6) is -0.0803. The van der Waals surface area contributed by atoms with Crippen LogP contribution in [0, 0.1) is 0 Å². The number of hydrogen-bond acceptors (Lipinski definition) is 5. The van der Waals surface area contributed by atoms with Crippen LogP contribution in [-0.2, 0) is 14.8 Å². The van der Waals surface area contributed by atoms with Gasteiger partial charge < -0.3 is 9.64 Å². The third-order valence-corrected chi connectivity index (χ3v) is 8.04. The molecule has 0 aromatic heterocycles. The number of sulfonamides is 1. The molecule has 2 heterocycles. The van der Waals surface area contributed by atoms with E-state index in [0.29, 0.717) is 31.7 Å². The molecule has 0 spiro atoms. The summed E-state index contributed by atoms with van der Waals surface area (Å²) < 4.78 is 32.8. The number of hydrogen-bond donors (Lipinski definition) is 0. The van der Waals surface area contributed by atoms with E-state index in [1.807, 2.05) is 4.90 Å². The summed E-state index contributed by atoms with van der Waals surface area (Å²) in [6, 6.07) is 6.58. The SMILES string of the molecule is CCCCCCN(CCN1CCOCC1)C(=O)c1cccc(S(=O)(=O)N2CCCC2)c1. The third-order valence-electron chi connectivity index (χ3n) is 6.14. The average Bonchev–Trinajstić information content (AvgIpc) is 3.35. The highest BCUT2D eigenvalue weighted by atomic mass is 32.2. The third kappa shape index (κ3) is 6.75. The molecule has 0 atom stereocenters. The maximum atomic E-state index is 13.4. The van der Waals surface area contributed by atoms with Crippen LogP contribution >= 0.6 is 0 Å². The van der Waals surface area contributed by atoms with Crippen LogP contribution in [0.3, 0.4) is 0 Å². The van der Waals surface area contributed by atoms with Gasteiger partial charge in [0.2, 0.25) is 10.0 Å². The Hall–Kier alpha value is -1.48. The fraction of sp³-hybridized carbons (Fsp3) is 0.696. The van der Waals surface area contributed by atoms with Crippen molar-refractivity contribution in [1.82, 2.24) is 14.1 Å². The largest absolute Gasteiger partial charge is 0.379 e. The first kappa shape index (κ1) is 24.2. The molecule has 0 aliphatic carbocycles. The van der Waals surface area contributed by atoms with Crippen molar-refractivity contribution in [3.63, 3.8) is 0 Å². The topological polar surface area (TPSA) is 70.2 Å². The van der Waals surface area contributed by atoms with Crippen LogP contribution in [0.1, 0.15) is 55.8 Å². The molecule has 2 aliphatic rings. The molecule has 1 aromatic rings. The van der Waals surface area contributed by atoms with Crippen molar-refractivity contribution in [1.29, 1.82) is 0 Å². The van der Waals surface area contributed by atoms with E-state index >= 15 is 0 Å². The van der Waals surface area contributed by atoms with Gasteiger partial charge in [-0.2, -0.15) is 4.31 Å². The van der Waals surface area contributed by atoms with Gasteiger partial charge in [-0.3, -0.25) is 9.69 Å². The van der Waals surface area contributed by atoms with Gasteiger partial charge in [-0.1, -0.05) is 32.3 Å². The minimum Gasteiger partial charge on any atom is -0.379 e. The summed E-state index contributed by atoms with van der Waals surface area (Å²) in [6.45, 7) is 8.71. The predicted molar refractivity (Wildman–Crippen MR) is 122 cm³/mol. The molecule has 0 N–H and O–H groups in total. The Morgan fingerprint density at radius 3 is 2.48 bits per heavy atom. The van der Waals surface area contributed by atoms with Crippen LogP contribution in [0.5, 0.6) is 0 Å². The highest BCUT2D eigenvalue weighted by Gasteiger charge is 2.28. The molecule has 2 saturated heterocycles. The van der Waals surface area contributed by atoms with Crippen LogP contribution in [-0.4, -0.2) is 87.5 Å². The van der Waals surface area contributed by atoms with E-state index in [2.05, 4.69) is 11.8 Å². The van der Waals surface area contributed by atoms with Crippen molar-refractivity contribution in [2.75, 3.05) is 59.0 Å². The average molecular weight is 452 g/mol. The number of amides is 1. The first-order chi connectivity index (χ1) is 15.0. The van der Waals surface area contributed by atoms with E-state index in [1.54, 1.807) is 24.3 Å². The molecule has 1 aromatic carbocycles. The lowest BCUT2D eigenvalue weighted by Gasteiger charge is -2.30. The molecule has 174 valence electrons. The van der Waals surface area contributed by atoms with Gasteiger partial charge in [0, 0.05) is 51.4 Å². The standard InChI is InChI=1S/C23H37N3O4S/c1-2-3-4-5-11-25(15-14-24-16-18-30-19-17-24)23(27)21-9-8-10-22(20-21)31(28,29)26-12-6-7-13-26/h8-10,20H,2-7,11-19H2,1H3. The van der Waals surface area contributed by atoms with Crippen molar-refractivity contribution >= 4 is 15.9 Å². The smallest absolute Gasteiger partial charge is 0.253 e. The molecule has 0 saturated carbocycles. The second-order valence-electron chi connectivity index (χ2n) is 8.45. The minimum atomic E-state index is -3.53. The Labute approximate surface area is 187 Å². The number of nitrogens with zero attached hydrogens (tertiary/aromatic N) is 3. The summed E-state index contributed by atoms with van der Waals surface area (Å²) in [6.07, 6.45) is 6.17. The van der Waals surface area contributed by atoms with Crippen LogP contribution < -0.4 is 0 Å². The number of unbranched alkanes of at least 4 members (excludes halogenated alkanes) is 3. The first-order valence-electron chi connectivity index (χ1n) is 11.7. The molecule has 8 heteroatoms. The van der Waals surface area contributed by atoms with Gasteiger partial charge in [-0.05, 0) is 37.5 Å². The van der Waals surface area contributed by atoms with Crippen LogP contribution in [0.25, 0.3) is 0 Å². The number of rotatable bonds is 11. The van der Waals surface area contributed by atoms with Crippen molar-refractivity contribution < 1.29 is 17.9 Å².